The van der Waals surface area contributed by atoms with Crippen molar-refractivity contribution in [1.29, 1.82) is 0 Å². The van der Waals surface area contributed by atoms with Gasteiger partial charge in [0.2, 0.25) is 11.7 Å². The van der Waals surface area contributed by atoms with E-state index in [0.29, 0.717) is 13.0 Å². The summed E-state index contributed by atoms with van der Waals surface area (Å²) >= 11 is 0. The van der Waals surface area contributed by atoms with Crippen molar-refractivity contribution in [3.05, 3.63) is 47.6 Å². The molecule has 1 aromatic heterocycles. The van der Waals surface area contributed by atoms with Crippen molar-refractivity contribution in [2.45, 2.75) is 31.4 Å². The minimum absolute atomic E-state index is 0.0742. The summed E-state index contributed by atoms with van der Waals surface area (Å²) < 4.78 is 35.2. The number of amides is 1. The van der Waals surface area contributed by atoms with Crippen LogP contribution in [-0.2, 0) is 21.7 Å². The predicted molar refractivity (Wildman–Crippen MR) is 74.4 cm³/mol. The maximum absolute atomic E-state index is 12.6. The van der Waals surface area contributed by atoms with E-state index in [-0.39, 0.29) is 18.3 Å². The molecule has 0 spiro atoms. The number of alkyl halides is 2. The third-order valence-electron chi connectivity index (χ3n) is 3.71. The molecule has 0 radical (unpaired) electrons. The van der Waals surface area contributed by atoms with E-state index in [1.807, 2.05) is 30.3 Å². The molecule has 2 aromatic rings. The highest BCUT2D eigenvalue weighted by atomic mass is 19.3. The molecule has 1 saturated heterocycles. The van der Waals surface area contributed by atoms with Gasteiger partial charge in [-0.15, -0.1) is 0 Å². The van der Waals surface area contributed by atoms with Crippen LogP contribution in [0.25, 0.3) is 0 Å². The van der Waals surface area contributed by atoms with Crippen molar-refractivity contribution < 1.29 is 22.8 Å². The van der Waals surface area contributed by atoms with Crippen molar-refractivity contribution in [2.75, 3.05) is 6.61 Å². The van der Waals surface area contributed by atoms with Crippen LogP contribution in [0, 0.1) is 0 Å². The second-order valence-corrected chi connectivity index (χ2v) is 5.17. The average Bonchev–Trinajstić information content (AvgIpc) is 3.23. The smallest absolute Gasteiger partial charge is 0.300 e. The van der Waals surface area contributed by atoms with Gasteiger partial charge in [-0.2, -0.15) is 4.98 Å². The van der Waals surface area contributed by atoms with Gasteiger partial charge in [-0.25, -0.2) is 8.78 Å². The van der Waals surface area contributed by atoms with Crippen LogP contribution in [0.1, 0.15) is 36.5 Å². The van der Waals surface area contributed by atoms with Gasteiger partial charge in [-0.1, -0.05) is 35.5 Å². The highest BCUT2D eigenvalue weighted by molar-refractivity contribution is 5.86. The third-order valence-corrected chi connectivity index (χ3v) is 3.71. The quantitative estimate of drug-likeness (QED) is 0.914. The third kappa shape index (κ3) is 3.07. The van der Waals surface area contributed by atoms with Gasteiger partial charge in [0.1, 0.15) is 0 Å². The zero-order valence-electron chi connectivity index (χ0n) is 12.2. The minimum atomic E-state index is -2.81. The van der Waals surface area contributed by atoms with E-state index in [4.69, 9.17) is 4.74 Å². The van der Waals surface area contributed by atoms with Crippen LogP contribution >= 0.6 is 0 Å². The summed E-state index contributed by atoms with van der Waals surface area (Å²) in [5.74, 6) is -1.11. The molecular formula is C15H15F2N3O3. The number of halogens is 2. The molecule has 23 heavy (non-hydrogen) atoms. The van der Waals surface area contributed by atoms with Gasteiger partial charge < -0.3 is 14.6 Å². The largest absolute Gasteiger partial charge is 0.360 e. The second kappa shape index (κ2) is 6.41. The maximum atomic E-state index is 12.6. The fourth-order valence-electron chi connectivity index (χ4n) is 2.61. The number of nitrogens with zero attached hydrogens (tertiary/aromatic N) is 2. The fraction of sp³-hybridized carbons (Fsp3) is 0.400. The lowest BCUT2D eigenvalue weighted by Crippen LogP contribution is -2.43. The van der Waals surface area contributed by atoms with E-state index >= 15 is 0 Å². The first-order valence-electron chi connectivity index (χ1n) is 7.20. The number of rotatable bonds is 5. The van der Waals surface area contributed by atoms with Gasteiger partial charge in [0.15, 0.2) is 5.60 Å². The molecule has 1 N–H and O–H groups in total. The van der Waals surface area contributed by atoms with Crippen LogP contribution in [-0.4, -0.2) is 22.7 Å². The van der Waals surface area contributed by atoms with Crippen molar-refractivity contribution in [1.82, 2.24) is 15.5 Å². The summed E-state index contributed by atoms with van der Waals surface area (Å²) in [5, 5.41) is 5.78. The van der Waals surface area contributed by atoms with Gasteiger partial charge in [0.25, 0.3) is 5.91 Å². The standard InChI is InChI=1S/C15H15F2N3O3/c16-12(17)13-19-11(23-20-13)9-18-14(21)15(7-4-8-22-15)10-5-2-1-3-6-10/h1-3,5-6,12H,4,7-9H2,(H,18,21). The number of hydrogen-bond acceptors (Lipinski definition) is 5. The highest BCUT2D eigenvalue weighted by Crippen LogP contribution is 2.36. The fourth-order valence-corrected chi connectivity index (χ4v) is 2.61. The highest BCUT2D eigenvalue weighted by Gasteiger charge is 2.44. The zero-order valence-corrected chi connectivity index (χ0v) is 12.2. The van der Waals surface area contributed by atoms with Gasteiger partial charge in [-0.05, 0) is 18.4 Å². The van der Waals surface area contributed by atoms with Gasteiger partial charge in [0.05, 0.1) is 6.54 Å². The molecule has 1 amide bonds. The van der Waals surface area contributed by atoms with E-state index < -0.39 is 17.9 Å². The second-order valence-electron chi connectivity index (χ2n) is 5.17. The molecule has 2 heterocycles. The molecule has 0 aliphatic carbocycles. The lowest BCUT2D eigenvalue weighted by Gasteiger charge is -2.27. The number of nitrogens with one attached hydrogen (secondary N) is 1. The Morgan fingerprint density at radius 2 is 2.13 bits per heavy atom. The number of ether oxygens (including phenoxy) is 1. The summed E-state index contributed by atoms with van der Waals surface area (Å²) in [7, 11) is 0. The monoisotopic (exact) mass is 323 g/mol. The van der Waals surface area contributed by atoms with Gasteiger partial charge in [-0.3, -0.25) is 4.79 Å². The Bertz CT molecular complexity index is 670. The molecule has 1 fully saturated rings. The molecule has 1 aliphatic rings. The number of benzene rings is 1. The molecule has 8 heteroatoms. The SMILES string of the molecule is O=C(NCc1nc(C(F)F)no1)C1(c2ccccc2)CCCO1. The Kier molecular flexibility index (Phi) is 4.33. The van der Waals surface area contributed by atoms with Crippen LogP contribution in [0.3, 0.4) is 0 Å². The van der Waals surface area contributed by atoms with Crippen molar-refractivity contribution in [3.8, 4) is 0 Å². The molecule has 0 saturated carbocycles. The normalized spacial score (nSPS) is 20.8. The molecule has 6 nitrogen and oxygen atoms in total. The summed E-state index contributed by atoms with van der Waals surface area (Å²) in [4.78, 5) is 16.1. The Balaban J connectivity index is 1.72. The molecular weight excluding hydrogens is 308 g/mol. The molecule has 1 aliphatic heterocycles. The Morgan fingerprint density at radius 3 is 2.74 bits per heavy atom. The molecule has 1 aromatic carbocycles. The van der Waals surface area contributed by atoms with Crippen molar-refractivity contribution in [2.24, 2.45) is 0 Å². The van der Waals surface area contributed by atoms with E-state index in [9.17, 15) is 13.6 Å². The van der Waals surface area contributed by atoms with Gasteiger partial charge >= 0.3 is 6.43 Å². The van der Waals surface area contributed by atoms with Gasteiger partial charge in [0, 0.05) is 6.61 Å². The van der Waals surface area contributed by atoms with Crippen LogP contribution in [0.5, 0.6) is 0 Å². The molecule has 122 valence electrons. The summed E-state index contributed by atoms with van der Waals surface area (Å²) in [6.45, 7) is 0.356. The Morgan fingerprint density at radius 1 is 1.35 bits per heavy atom. The average molecular weight is 323 g/mol. The number of carbonyl (C=O) groups excluding carboxylic acids is 1. The van der Waals surface area contributed by atoms with E-state index in [1.165, 1.54) is 0 Å². The van der Waals surface area contributed by atoms with E-state index in [1.54, 1.807) is 0 Å². The first-order valence-corrected chi connectivity index (χ1v) is 7.20. The first kappa shape index (κ1) is 15.5. The zero-order chi connectivity index (χ0) is 16.3. The number of carbonyl (C=O) groups is 1. The lowest BCUT2D eigenvalue weighted by atomic mass is 9.90. The van der Waals surface area contributed by atoms with Crippen molar-refractivity contribution >= 4 is 5.91 Å². The predicted octanol–water partition coefficient (Wildman–Crippen LogP) is 2.33. The molecule has 3 rings (SSSR count). The summed E-state index contributed by atoms with van der Waals surface area (Å²) in [6, 6.07) is 9.17. The Hall–Kier alpha value is -2.35. The number of aromatic nitrogens is 2. The summed E-state index contributed by atoms with van der Waals surface area (Å²) in [5.41, 5.74) is -0.305. The number of hydrogen-bond donors (Lipinski definition) is 1. The molecule has 1 unspecified atom stereocenters. The van der Waals surface area contributed by atoms with Crippen LogP contribution in [0.4, 0.5) is 8.78 Å². The molecule has 1 atom stereocenters. The van der Waals surface area contributed by atoms with E-state index in [2.05, 4.69) is 20.0 Å². The molecule has 0 bridgehead atoms. The van der Waals surface area contributed by atoms with Crippen LogP contribution < -0.4 is 5.32 Å². The van der Waals surface area contributed by atoms with Crippen LogP contribution in [0.2, 0.25) is 0 Å². The minimum Gasteiger partial charge on any atom is -0.360 e. The summed E-state index contributed by atoms with van der Waals surface area (Å²) in [6.07, 6.45) is -1.50. The topological polar surface area (TPSA) is 77.3 Å². The first-order chi connectivity index (χ1) is 11.1. The Labute approximate surface area is 130 Å². The maximum Gasteiger partial charge on any atom is 0.300 e. The van der Waals surface area contributed by atoms with Crippen molar-refractivity contribution in [3.63, 3.8) is 0 Å². The van der Waals surface area contributed by atoms with Crippen LogP contribution in [0.15, 0.2) is 34.9 Å². The lowest BCUT2D eigenvalue weighted by molar-refractivity contribution is -0.143. The van der Waals surface area contributed by atoms with E-state index in [0.717, 1.165) is 12.0 Å².